The summed E-state index contributed by atoms with van der Waals surface area (Å²) in [6.07, 6.45) is -0.985. The lowest BCUT2D eigenvalue weighted by molar-refractivity contribution is -0.122. The first-order chi connectivity index (χ1) is 13.4. The Labute approximate surface area is 162 Å². The number of nitrogens with one attached hydrogen (secondary N) is 1. The average Bonchev–Trinajstić information content (AvgIpc) is 3.13. The predicted molar refractivity (Wildman–Crippen MR) is 99.1 cm³/mol. The van der Waals surface area contributed by atoms with Gasteiger partial charge in [-0.2, -0.15) is 0 Å². The highest BCUT2D eigenvalue weighted by atomic mass is 32.1. The molecule has 5 nitrogen and oxygen atoms in total. The van der Waals surface area contributed by atoms with Crippen molar-refractivity contribution in [3.63, 3.8) is 0 Å². The first-order valence-corrected chi connectivity index (χ1v) is 8.97. The molecule has 2 aromatic carbocycles. The molecule has 0 radical (unpaired) electrons. The summed E-state index contributed by atoms with van der Waals surface area (Å²) >= 11 is 1.14. The number of rotatable bonds is 6. The zero-order chi connectivity index (χ0) is 20.3. The van der Waals surface area contributed by atoms with E-state index in [2.05, 4.69) is 10.3 Å². The maximum atomic E-state index is 13.5. The molecular formula is C19H15F3N2O3S. The van der Waals surface area contributed by atoms with Crippen molar-refractivity contribution in [2.75, 3.05) is 12.4 Å². The molecule has 0 bridgehead atoms. The van der Waals surface area contributed by atoms with Gasteiger partial charge in [-0.1, -0.05) is 0 Å². The van der Waals surface area contributed by atoms with Crippen molar-refractivity contribution in [2.24, 2.45) is 0 Å². The fourth-order valence-electron chi connectivity index (χ4n) is 2.35. The van der Waals surface area contributed by atoms with E-state index in [0.29, 0.717) is 17.0 Å². The molecule has 0 aliphatic rings. The van der Waals surface area contributed by atoms with Crippen LogP contribution in [0, 0.1) is 17.5 Å². The van der Waals surface area contributed by atoms with E-state index in [1.807, 2.05) is 0 Å². The van der Waals surface area contributed by atoms with E-state index in [0.717, 1.165) is 23.5 Å². The number of hydrogen-bond donors (Lipinski definition) is 1. The topological polar surface area (TPSA) is 60.5 Å². The van der Waals surface area contributed by atoms with E-state index >= 15 is 0 Å². The molecule has 1 atom stereocenters. The fraction of sp³-hybridized carbons (Fsp3) is 0.158. The second kappa shape index (κ2) is 8.30. The molecule has 9 heteroatoms. The van der Waals surface area contributed by atoms with Crippen molar-refractivity contribution in [1.82, 2.24) is 4.98 Å². The molecule has 0 aliphatic carbocycles. The van der Waals surface area contributed by atoms with Crippen molar-refractivity contribution in [3.05, 3.63) is 59.2 Å². The SMILES string of the molecule is COc1ccc(F)cc1-c1csc(NC(=O)C(C)Oc2ccc(F)c(F)c2)n1. The number of aromatic nitrogens is 1. The van der Waals surface area contributed by atoms with Crippen LogP contribution >= 0.6 is 11.3 Å². The molecule has 0 saturated carbocycles. The molecule has 3 aromatic rings. The van der Waals surface area contributed by atoms with Gasteiger partial charge in [0.1, 0.15) is 17.3 Å². The van der Waals surface area contributed by atoms with Gasteiger partial charge >= 0.3 is 0 Å². The Balaban J connectivity index is 1.70. The Morgan fingerprint density at radius 2 is 1.93 bits per heavy atom. The van der Waals surface area contributed by atoms with Crippen LogP contribution in [0.4, 0.5) is 18.3 Å². The minimum absolute atomic E-state index is 0.0193. The summed E-state index contributed by atoms with van der Waals surface area (Å²) in [5.74, 6) is -2.59. The molecular weight excluding hydrogens is 393 g/mol. The quantitative estimate of drug-likeness (QED) is 0.646. The number of amides is 1. The van der Waals surface area contributed by atoms with Gasteiger partial charge in [0.05, 0.1) is 12.8 Å². The number of ether oxygens (including phenoxy) is 2. The van der Waals surface area contributed by atoms with Gasteiger partial charge < -0.3 is 9.47 Å². The second-order valence-corrected chi connectivity index (χ2v) is 6.57. The molecule has 146 valence electrons. The van der Waals surface area contributed by atoms with Crippen LogP contribution in [0.1, 0.15) is 6.92 Å². The van der Waals surface area contributed by atoms with E-state index in [4.69, 9.17) is 9.47 Å². The van der Waals surface area contributed by atoms with E-state index in [1.54, 1.807) is 5.38 Å². The Kier molecular flexibility index (Phi) is 5.84. The molecule has 0 aliphatic heterocycles. The van der Waals surface area contributed by atoms with Crippen molar-refractivity contribution in [2.45, 2.75) is 13.0 Å². The zero-order valence-corrected chi connectivity index (χ0v) is 15.6. The minimum atomic E-state index is -1.07. The number of nitrogens with zero attached hydrogens (tertiary/aromatic N) is 1. The van der Waals surface area contributed by atoms with Crippen LogP contribution in [0.2, 0.25) is 0 Å². The van der Waals surface area contributed by atoms with Crippen LogP contribution < -0.4 is 14.8 Å². The highest BCUT2D eigenvalue weighted by Crippen LogP contribution is 2.32. The van der Waals surface area contributed by atoms with Gasteiger partial charge in [-0.15, -0.1) is 11.3 Å². The monoisotopic (exact) mass is 408 g/mol. The van der Waals surface area contributed by atoms with Crippen molar-refractivity contribution in [1.29, 1.82) is 0 Å². The van der Waals surface area contributed by atoms with Gasteiger partial charge in [-0.05, 0) is 37.3 Å². The lowest BCUT2D eigenvalue weighted by atomic mass is 10.1. The molecule has 0 spiro atoms. The normalized spacial score (nSPS) is 11.8. The van der Waals surface area contributed by atoms with E-state index in [-0.39, 0.29) is 10.9 Å². The highest BCUT2D eigenvalue weighted by Gasteiger charge is 2.18. The number of halogens is 3. The second-order valence-electron chi connectivity index (χ2n) is 5.71. The third-order valence-electron chi connectivity index (χ3n) is 3.74. The van der Waals surface area contributed by atoms with Crippen LogP contribution in [0.25, 0.3) is 11.3 Å². The number of carbonyl (C=O) groups excluding carboxylic acids is 1. The predicted octanol–water partition coefficient (Wildman–Crippen LogP) is 4.64. The van der Waals surface area contributed by atoms with Gasteiger partial charge in [-0.25, -0.2) is 18.2 Å². The van der Waals surface area contributed by atoms with Gasteiger partial charge in [0.2, 0.25) is 0 Å². The number of carbonyl (C=O) groups is 1. The third kappa shape index (κ3) is 4.42. The number of benzene rings is 2. The average molecular weight is 408 g/mol. The summed E-state index contributed by atoms with van der Waals surface area (Å²) in [4.78, 5) is 16.5. The van der Waals surface area contributed by atoms with Crippen LogP contribution in [-0.4, -0.2) is 24.1 Å². The molecule has 1 heterocycles. The Hall–Kier alpha value is -3.07. The Bertz CT molecular complexity index is 1010. The van der Waals surface area contributed by atoms with Crippen LogP contribution in [-0.2, 0) is 4.79 Å². The smallest absolute Gasteiger partial charge is 0.266 e. The summed E-state index contributed by atoms with van der Waals surface area (Å²) in [7, 11) is 1.46. The third-order valence-corrected chi connectivity index (χ3v) is 4.50. The zero-order valence-electron chi connectivity index (χ0n) is 14.8. The molecule has 1 aromatic heterocycles. The van der Waals surface area contributed by atoms with Crippen molar-refractivity contribution < 1.29 is 27.4 Å². The summed E-state index contributed by atoms with van der Waals surface area (Å²) in [6.45, 7) is 1.46. The molecule has 3 rings (SSSR count). The lowest BCUT2D eigenvalue weighted by Crippen LogP contribution is -2.30. The van der Waals surface area contributed by atoms with E-state index in [9.17, 15) is 18.0 Å². The molecule has 28 heavy (non-hydrogen) atoms. The molecule has 1 amide bonds. The fourth-order valence-corrected chi connectivity index (χ4v) is 3.06. The van der Waals surface area contributed by atoms with Crippen LogP contribution in [0.5, 0.6) is 11.5 Å². The molecule has 0 fully saturated rings. The summed E-state index contributed by atoms with van der Waals surface area (Å²) in [6, 6.07) is 7.04. The molecule has 1 unspecified atom stereocenters. The standard InChI is InChI=1S/C19H15F3N2O3S/c1-10(27-12-4-5-14(21)15(22)8-12)18(25)24-19-23-16(9-28-19)13-7-11(20)3-6-17(13)26-2/h3-10H,1-2H3,(H,23,24,25). The van der Waals surface area contributed by atoms with E-state index in [1.165, 1.54) is 38.3 Å². The maximum Gasteiger partial charge on any atom is 0.266 e. The number of thiazole rings is 1. The first-order valence-electron chi connectivity index (χ1n) is 8.09. The van der Waals surface area contributed by atoms with Gasteiger partial charge in [0, 0.05) is 17.0 Å². The van der Waals surface area contributed by atoms with Crippen LogP contribution in [0.3, 0.4) is 0 Å². The summed E-state index contributed by atoms with van der Waals surface area (Å²) < 4.78 is 50.2. The molecule has 1 N–H and O–H groups in total. The highest BCUT2D eigenvalue weighted by molar-refractivity contribution is 7.14. The maximum absolute atomic E-state index is 13.5. The van der Waals surface area contributed by atoms with Gasteiger partial charge in [0.15, 0.2) is 22.9 Å². The number of methoxy groups -OCH3 is 1. The summed E-state index contributed by atoms with van der Waals surface area (Å²) in [5.41, 5.74) is 0.885. The Morgan fingerprint density at radius 3 is 2.64 bits per heavy atom. The largest absolute Gasteiger partial charge is 0.496 e. The van der Waals surface area contributed by atoms with Crippen molar-refractivity contribution >= 4 is 22.4 Å². The molecule has 0 saturated heterocycles. The number of hydrogen-bond acceptors (Lipinski definition) is 5. The first kappa shape index (κ1) is 19.7. The van der Waals surface area contributed by atoms with Crippen molar-refractivity contribution in [3.8, 4) is 22.8 Å². The van der Waals surface area contributed by atoms with Crippen LogP contribution in [0.15, 0.2) is 41.8 Å². The summed E-state index contributed by atoms with van der Waals surface area (Å²) in [5, 5.41) is 4.49. The minimum Gasteiger partial charge on any atom is -0.496 e. The lowest BCUT2D eigenvalue weighted by Gasteiger charge is -2.13. The number of anilines is 1. The van der Waals surface area contributed by atoms with E-state index < -0.39 is 29.5 Å². The van der Waals surface area contributed by atoms with Gasteiger partial charge in [-0.3, -0.25) is 10.1 Å². The Morgan fingerprint density at radius 1 is 1.14 bits per heavy atom. The van der Waals surface area contributed by atoms with Gasteiger partial charge in [0.25, 0.3) is 5.91 Å².